The van der Waals surface area contributed by atoms with Crippen molar-refractivity contribution in [2.24, 2.45) is 5.92 Å². The molecule has 82 valence electrons. The van der Waals surface area contributed by atoms with E-state index in [4.69, 9.17) is 4.74 Å². The van der Waals surface area contributed by atoms with Crippen molar-refractivity contribution < 1.29 is 4.74 Å². The zero-order chi connectivity index (χ0) is 9.80. The second-order valence-electron chi connectivity index (χ2n) is 4.84. The quantitative estimate of drug-likeness (QED) is 0.730. The summed E-state index contributed by atoms with van der Waals surface area (Å²) in [6.07, 6.45) is 10.1. The molecule has 1 N–H and O–H groups in total. The highest BCUT2D eigenvalue weighted by molar-refractivity contribution is 4.82. The van der Waals surface area contributed by atoms with Gasteiger partial charge in [-0.3, -0.25) is 0 Å². The van der Waals surface area contributed by atoms with Crippen LogP contribution in [-0.2, 0) is 4.74 Å². The van der Waals surface area contributed by atoms with E-state index >= 15 is 0 Å². The van der Waals surface area contributed by atoms with E-state index in [1.807, 2.05) is 7.11 Å². The van der Waals surface area contributed by atoms with Crippen LogP contribution < -0.4 is 5.32 Å². The van der Waals surface area contributed by atoms with E-state index in [0.717, 1.165) is 12.0 Å². The Kier molecular flexibility index (Phi) is 3.82. The molecule has 2 saturated carbocycles. The molecule has 2 nitrogen and oxygen atoms in total. The molecule has 2 rings (SSSR count). The first-order chi connectivity index (χ1) is 6.90. The third-order valence-electron chi connectivity index (χ3n) is 3.67. The lowest BCUT2D eigenvalue weighted by atomic mass is 9.84. The van der Waals surface area contributed by atoms with Gasteiger partial charge >= 0.3 is 0 Å². The second kappa shape index (κ2) is 5.13. The minimum absolute atomic E-state index is 0.546. The fraction of sp³-hybridized carbons (Fsp3) is 1.00. The summed E-state index contributed by atoms with van der Waals surface area (Å²) in [7, 11) is 1.87. The van der Waals surface area contributed by atoms with Crippen LogP contribution in [0.1, 0.15) is 44.9 Å². The third kappa shape index (κ3) is 2.96. The highest BCUT2D eigenvalue weighted by atomic mass is 16.5. The number of hydrogen-bond acceptors (Lipinski definition) is 2. The lowest BCUT2D eigenvalue weighted by Gasteiger charge is -2.30. The third-order valence-corrected chi connectivity index (χ3v) is 3.67. The van der Waals surface area contributed by atoms with Gasteiger partial charge in [-0.25, -0.2) is 0 Å². The zero-order valence-electron chi connectivity index (χ0n) is 9.30. The molecule has 0 aromatic carbocycles. The van der Waals surface area contributed by atoms with Crippen molar-refractivity contribution in [2.45, 2.75) is 57.1 Å². The molecule has 0 spiro atoms. The van der Waals surface area contributed by atoms with Crippen LogP contribution in [0.2, 0.25) is 0 Å². The van der Waals surface area contributed by atoms with Crippen molar-refractivity contribution in [3.8, 4) is 0 Å². The zero-order valence-corrected chi connectivity index (χ0v) is 9.30. The van der Waals surface area contributed by atoms with Gasteiger partial charge in [-0.2, -0.15) is 0 Å². The molecular formula is C12H23NO. The molecule has 2 fully saturated rings. The highest BCUT2D eigenvalue weighted by Gasteiger charge is 2.25. The molecule has 2 aliphatic rings. The first-order valence-electron chi connectivity index (χ1n) is 6.16. The van der Waals surface area contributed by atoms with Crippen molar-refractivity contribution in [1.82, 2.24) is 5.32 Å². The summed E-state index contributed by atoms with van der Waals surface area (Å²) >= 11 is 0. The van der Waals surface area contributed by atoms with Crippen LogP contribution in [0.25, 0.3) is 0 Å². The van der Waals surface area contributed by atoms with Crippen molar-refractivity contribution >= 4 is 0 Å². The van der Waals surface area contributed by atoms with Gasteiger partial charge < -0.3 is 10.1 Å². The minimum atomic E-state index is 0.546. The fourth-order valence-corrected chi connectivity index (χ4v) is 2.57. The maximum Gasteiger partial charge on any atom is 0.0600 e. The van der Waals surface area contributed by atoms with Gasteiger partial charge in [-0.1, -0.05) is 12.8 Å². The molecule has 0 aromatic heterocycles. The summed E-state index contributed by atoms with van der Waals surface area (Å²) in [4.78, 5) is 0. The standard InChI is InChI=1S/C12H23NO/c1-14-12-5-3-2-4-10(12)8-9-13-11-6-7-11/h10-13H,2-9H2,1H3/t10-,12-/m1/s1. The van der Waals surface area contributed by atoms with E-state index in [-0.39, 0.29) is 0 Å². The molecular weight excluding hydrogens is 174 g/mol. The van der Waals surface area contributed by atoms with E-state index < -0.39 is 0 Å². The molecule has 0 radical (unpaired) electrons. The molecule has 2 aliphatic carbocycles. The minimum Gasteiger partial charge on any atom is -0.381 e. The van der Waals surface area contributed by atoms with Crippen LogP contribution in [-0.4, -0.2) is 25.8 Å². The van der Waals surface area contributed by atoms with Gasteiger partial charge in [-0.15, -0.1) is 0 Å². The Labute approximate surface area is 87.4 Å². The molecule has 0 amide bonds. The smallest absolute Gasteiger partial charge is 0.0600 e. The van der Waals surface area contributed by atoms with Crippen molar-refractivity contribution in [3.63, 3.8) is 0 Å². The molecule has 0 bridgehead atoms. The molecule has 0 aliphatic heterocycles. The first-order valence-corrected chi connectivity index (χ1v) is 6.16. The average molecular weight is 197 g/mol. The molecule has 2 atom stereocenters. The van der Waals surface area contributed by atoms with Crippen LogP contribution >= 0.6 is 0 Å². The SMILES string of the molecule is CO[C@@H]1CCCC[C@@H]1CCNC1CC1. The van der Waals surface area contributed by atoms with Crippen LogP contribution in [0, 0.1) is 5.92 Å². The van der Waals surface area contributed by atoms with Gasteiger partial charge in [-0.05, 0) is 44.6 Å². The molecule has 0 aromatic rings. The summed E-state index contributed by atoms with van der Waals surface area (Å²) in [5.74, 6) is 0.819. The van der Waals surface area contributed by atoms with Crippen LogP contribution in [0.15, 0.2) is 0 Å². The molecule has 0 saturated heterocycles. The van der Waals surface area contributed by atoms with Crippen LogP contribution in [0.4, 0.5) is 0 Å². The van der Waals surface area contributed by atoms with Crippen molar-refractivity contribution in [3.05, 3.63) is 0 Å². The lowest BCUT2D eigenvalue weighted by molar-refractivity contribution is 0.0205. The summed E-state index contributed by atoms with van der Waals surface area (Å²) < 4.78 is 5.55. The fourth-order valence-electron chi connectivity index (χ4n) is 2.57. The van der Waals surface area contributed by atoms with Crippen molar-refractivity contribution in [1.29, 1.82) is 0 Å². The summed E-state index contributed by atoms with van der Waals surface area (Å²) in [5, 5.41) is 3.59. The van der Waals surface area contributed by atoms with Gasteiger partial charge in [0, 0.05) is 13.2 Å². The largest absolute Gasteiger partial charge is 0.381 e. The van der Waals surface area contributed by atoms with E-state index in [1.54, 1.807) is 0 Å². The van der Waals surface area contributed by atoms with Gasteiger partial charge in [0.25, 0.3) is 0 Å². The Morgan fingerprint density at radius 2 is 1.93 bits per heavy atom. The van der Waals surface area contributed by atoms with E-state index in [0.29, 0.717) is 6.10 Å². The Morgan fingerprint density at radius 1 is 1.14 bits per heavy atom. The molecule has 14 heavy (non-hydrogen) atoms. The van der Waals surface area contributed by atoms with Gasteiger partial charge in [0.2, 0.25) is 0 Å². The Morgan fingerprint density at radius 3 is 2.64 bits per heavy atom. The Bertz CT molecular complexity index is 168. The summed E-state index contributed by atoms with van der Waals surface area (Å²) in [6, 6.07) is 0.861. The number of nitrogens with one attached hydrogen (secondary N) is 1. The predicted molar refractivity (Wildman–Crippen MR) is 58.4 cm³/mol. The summed E-state index contributed by atoms with van der Waals surface area (Å²) in [5.41, 5.74) is 0. The Hall–Kier alpha value is -0.0800. The average Bonchev–Trinajstić information content (AvgIpc) is 3.03. The van der Waals surface area contributed by atoms with E-state index in [2.05, 4.69) is 5.32 Å². The van der Waals surface area contributed by atoms with Crippen LogP contribution in [0.3, 0.4) is 0 Å². The molecule has 0 heterocycles. The number of ether oxygens (including phenoxy) is 1. The second-order valence-corrected chi connectivity index (χ2v) is 4.84. The molecule has 0 unspecified atom stereocenters. The van der Waals surface area contributed by atoms with Gasteiger partial charge in [0.15, 0.2) is 0 Å². The topological polar surface area (TPSA) is 21.3 Å². The molecule has 2 heteroatoms. The lowest BCUT2D eigenvalue weighted by Crippen LogP contribution is -2.30. The summed E-state index contributed by atoms with van der Waals surface area (Å²) in [6.45, 7) is 1.20. The van der Waals surface area contributed by atoms with Gasteiger partial charge in [0.1, 0.15) is 0 Å². The first kappa shape index (κ1) is 10.4. The Balaban J connectivity index is 1.64. The van der Waals surface area contributed by atoms with E-state index in [1.165, 1.54) is 51.5 Å². The number of methoxy groups -OCH3 is 1. The monoisotopic (exact) mass is 197 g/mol. The maximum atomic E-state index is 5.55. The van der Waals surface area contributed by atoms with E-state index in [9.17, 15) is 0 Å². The predicted octanol–water partition coefficient (Wildman–Crippen LogP) is 2.33. The van der Waals surface area contributed by atoms with Crippen LogP contribution in [0.5, 0.6) is 0 Å². The van der Waals surface area contributed by atoms with Gasteiger partial charge in [0.05, 0.1) is 6.10 Å². The highest BCUT2D eigenvalue weighted by Crippen LogP contribution is 2.29. The number of rotatable bonds is 5. The maximum absolute atomic E-state index is 5.55. The normalized spacial score (nSPS) is 33.2. The number of hydrogen-bond donors (Lipinski definition) is 1. The van der Waals surface area contributed by atoms with Crippen molar-refractivity contribution in [2.75, 3.05) is 13.7 Å².